The fourth-order valence-corrected chi connectivity index (χ4v) is 0.945. The Hall–Kier alpha value is -1.22. The summed E-state index contributed by atoms with van der Waals surface area (Å²) in [5.41, 5.74) is 3.17. The highest BCUT2D eigenvalue weighted by atomic mass is 16.4. The van der Waals surface area contributed by atoms with Crippen LogP contribution in [-0.2, 0) is 9.59 Å². The molecule has 7 N–H and O–H groups in total. The van der Waals surface area contributed by atoms with Crippen LogP contribution in [0.25, 0.3) is 0 Å². The molecule has 0 radical (unpaired) electrons. The minimum absolute atomic E-state index is 0.943. The summed E-state index contributed by atoms with van der Waals surface area (Å²) in [5.74, 6) is -5.80. The second kappa shape index (κ2) is 5.03. The lowest BCUT2D eigenvalue weighted by molar-refractivity contribution is -0.163. The largest absolute Gasteiger partial charge is 0.481 e. The SMILES string of the molecule is NC(CO)(CO)C(O)C(C(=O)O)C(=O)O. The van der Waals surface area contributed by atoms with E-state index >= 15 is 0 Å². The van der Waals surface area contributed by atoms with Crippen LogP contribution in [0.1, 0.15) is 0 Å². The molecule has 0 aromatic heterocycles. The standard InChI is InChI=1S/C7H13NO7/c8-7(1-9,2-10)4(11)3(5(12)13)6(14)15/h3-4,9-11H,1-2,8H2,(H,12,13)(H,14,15). The van der Waals surface area contributed by atoms with Gasteiger partial charge >= 0.3 is 11.9 Å². The van der Waals surface area contributed by atoms with Crippen LogP contribution in [0.3, 0.4) is 0 Å². The first-order valence-electron chi connectivity index (χ1n) is 3.94. The molecule has 0 aromatic carbocycles. The smallest absolute Gasteiger partial charge is 0.320 e. The summed E-state index contributed by atoms with van der Waals surface area (Å²) in [5, 5.41) is 43.9. The molecular formula is C7H13NO7. The van der Waals surface area contributed by atoms with Gasteiger partial charge in [-0.05, 0) is 0 Å². The molecule has 1 atom stereocenters. The van der Waals surface area contributed by atoms with Crippen LogP contribution in [-0.4, -0.2) is 62.3 Å². The first-order chi connectivity index (χ1) is 6.80. The lowest BCUT2D eigenvalue weighted by atomic mass is 9.86. The lowest BCUT2D eigenvalue weighted by Crippen LogP contribution is -2.61. The van der Waals surface area contributed by atoms with Crippen molar-refractivity contribution in [2.45, 2.75) is 11.6 Å². The monoisotopic (exact) mass is 223 g/mol. The number of rotatable bonds is 6. The van der Waals surface area contributed by atoms with Gasteiger partial charge in [0.15, 0.2) is 5.92 Å². The first kappa shape index (κ1) is 13.8. The predicted octanol–water partition coefficient (Wildman–Crippen LogP) is -3.19. The van der Waals surface area contributed by atoms with Gasteiger partial charge in [0.05, 0.1) is 18.8 Å². The molecule has 8 heteroatoms. The molecule has 0 rings (SSSR count). The second-order valence-corrected chi connectivity index (χ2v) is 3.15. The average molecular weight is 223 g/mol. The summed E-state index contributed by atoms with van der Waals surface area (Å²) in [6.45, 7) is -1.89. The molecule has 0 saturated carbocycles. The Balaban J connectivity index is 5.00. The highest BCUT2D eigenvalue weighted by molar-refractivity contribution is 5.93. The molecule has 0 spiro atoms. The number of hydrogen-bond donors (Lipinski definition) is 6. The van der Waals surface area contributed by atoms with Crippen LogP contribution in [0, 0.1) is 5.92 Å². The third kappa shape index (κ3) is 2.86. The van der Waals surface area contributed by atoms with E-state index in [2.05, 4.69) is 0 Å². The Morgan fingerprint density at radius 2 is 1.47 bits per heavy atom. The van der Waals surface area contributed by atoms with E-state index in [-0.39, 0.29) is 0 Å². The summed E-state index contributed by atoms with van der Waals surface area (Å²) < 4.78 is 0. The van der Waals surface area contributed by atoms with Gasteiger partial charge in [-0.3, -0.25) is 9.59 Å². The van der Waals surface area contributed by atoms with Gasteiger partial charge in [0.25, 0.3) is 0 Å². The maximum Gasteiger partial charge on any atom is 0.320 e. The summed E-state index contributed by atoms with van der Waals surface area (Å²) >= 11 is 0. The van der Waals surface area contributed by atoms with Crippen molar-refractivity contribution in [1.29, 1.82) is 0 Å². The maximum absolute atomic E-state index is 10.5. The topological polar surface area (TPSA) is 161 Å². The molecule has 0 bridgehead atoms. The van der Waals surface area contributed by atoms with E-state index in [1.807, 2.05) is 0 Å². The van der Waals surface area contributed by atoms with Crippen molar-refractivity contribution in [3.05, 3.63) is 0 Å². The van der Waals surface area contributed by atoms with E-state index in [0.29, 0.717) is 0 Å². The van der Waals surface area contributed by atoms with Crippen molar-refractivity contribution in [2.24, 2.45) is 11.7 Å². The number of aliphatic hydroxyl groups excluding tert-OH is 3. The molecule has 15 heavy (non-hydrogen) atoms. The van der Waals surface area contributed by atoms with Gasteiger partial charge in [-0.1, -0.05) is 0 Å². The van der Waals surface area contributed by atoms with Crippen LogP contribution in [0.4, 0.5) is 0 Å². The molecule has 0 heterocycles. The normalized spacial score (nSPS) is 13.9. The fourth-order valence-electron chi connectivity index (χ4n) is 0.945. The average Bonchev–Trinajstić information content (AvgIpc) is 2.15. The van der Waals surface area contributed by atoms with Crippen molar-refractivity contribution in [3.8, 4) is 0 Å². The van der Waals surface area contributed by atoms with Gasteiger partial charge in [-0.2, -0.15) is 0 Å². The minimum atomic E-state index is -2.20. The molecular weight excluding hydrogens is 210 g/mol. The van der Waals surface area contributed by atoms with Crippen molar-refractivity contribution in [2.75, 3.05) is 13.2 Å². The zero-order chi connectivity index (χ0) is 12.2. The van der Waals surface area contributed by atoms with Crippen LogP contribution in [0.5, 0.6) is 0 Å². The number of aliphatic carboxylic acids is 2. The molecule has 8 nitrogen and oxygen atoms in total. The molecule has 0 amide bonds. The van der Waals surface area contributed by atoms with E-state index in [1.165, 1.54) is 0 Å². The highest BCUT2D eigenvalue weighted by Crippen LogP contribution is 2.16. The molecule has 0 aliphatic rings. The number of aliphatic hydroxyl groups is 3. The molecule has 0 saturated heterocycles. The quantitative estimate of drug-likeness (QED) is 0.257. The molecule has 1 unspecified atom stereocenters. The fraction of sp³-hybridized carbons (Fsp3) is 0.714. The van der Waals surface area contributed by atoms with Crippen LogP contribution < -0.4 is 5.73 Å². The number of hydrogen-bond acceptors (Lipinski definition) is 6. The molecule has 0 aliphatic heterocycles. The van der Waals surface area contributed by atoms with E-state index in [0.717, 1.165) is 0 Å². The summed E-state index contributed by atoms with van der Waals surface area (Å²) in [6, 6.07) is 0. The van der Waals surface area contributed by atoms with Gasteiger partial charge in [0, 0.05) is 0 Å². The third-order valence-corrected chi connectivity index (χ3v) is 2.03. The maximum atomic E-state index is 10.5. The predicted molar refractivity (Wildman–Crippen MR) is 45.9 cm³/mol. The molecule has 0 aromatic rings. The highest BCUT2D eigenvalue weighted by Gasteiger charge is 2.45. The summed E-state index contributed by atoms with van der Waals surface area (Å²) in [4.78, 5) is 21.0. The zero-order valence-corrected chi connectivity index (χ0v) is 7.70. The second-order valence-electron chi connectivity index (χ2n) is 3.15. The van der Waals surface area contributed by atoms with Crippen molar-refractivity contribution in [1.82, 2.24) is 0 Å². The first-order valence-corrected chi connectivity index (χ1v) is 3.94. The molecule has 88 valence electrons. The van der Waals surface area contributed by atoms with Gasteiger partial charge in [0.2, 0.25) is 0 Å². The van der Waals surface area contributed by atoms with Crippen molar-refractivity contribution in [3.63, 3.8) is 0 Å². The summed E-state index contributed by atoms with van der Waals surface area (Å²) in [6.07, 6.45) is -2.09. The van der Waals surface area contributed by atoms with Gasteiger partial charge in [-0.15, -0.1) is 0 Å². The number of carboxylic acids is 2. The van der Waals surface area contributed by atoms with Gasteiger partial charge in [0.1, 0.15) is 6.10 Å². The zero-order valence-electron chi connectivity index (χ0n) is 7.70. The molecule has 0 aliphatic carbocycles. The number of carboxylic acid groups (broad SMARTS) is 2. The Labute approximate surface area is 84.6 Å². The van der Waals surface area contributed by atoms with Crippen LogP contribution in [0.2, 0.25) is 0 Å². The number of carbonyl (C=O) groups is 2. The summed E-state index contributed by atoms with van der Waals surface area (Å²) in [7, 11) is 0. The van der Waals surface area contributed by atoms with Gasteiger partial charge < -0.3 is 31.3 Å². The van der Waals surface area contributed by atoms with Crippen molar-refractivity contribution < 1.29 is 35.1 Å². The Kier molecular flexibility index (Phi) is 4.62. The third-order valence-electron chi connectivity index (χ3n) is 2.03. The Morgan fingerprint density at radius 1 is 1.13 bits per heavy atom. The number of nitrogens with two attached hydrogens (primary N) is 1. The van der Waals surface area contributed by atoms with E-state index < -0.39 is 42.7 Å². The van der Waals surface area contributed by atoms with E-state index in [4.69, 9.17) is 26.2 Å². The van der Waals surface area contributed by atoms with Gasteiger partial charge in [-0.25, -0.2) is 0 Å². The van der Waals surface area contributed by atoms with E-state index in [1.54, 1.807) is 0 Å². The van der Waals surface area contributed by atoms with Crippen LogP contribution in [0.15, 0.2) is 0 Å². The van der Waals surface area contributed by atoms with E-state index in [9.17, 15) is 14.7 Å². The Bertz CT molecular complexity index is 236. The molecule has 0 fully saturated rings. The van der Waals surface area contributed by atoms with Crippen LogP contribution >= 0.6 is 0 Å². The lowest BCUT2D eigenvalue weighted by Gasteiger charge is -2.32. The Morgan fingerprint density at radius 3 is 1.67 bits per heavy atom. The van der Waals surface area contributed by atoms with Crippen molar-refractivity contribution >= 4 is 11.9 Å². The minimum Gasteiger partial charge on any atom is -0.481 e.